The van der Waals surface area contributed by atoms with Gasteiger partial charge in [0.05, 0.1) is 0 Å². The Morgan fingerprint density at radius 3 is 3.15 bits per heavy atom. The van der Waals surface area contributed by atoms with E-state index in [2.05, 4.69) is 10.1 Å². The van der Waals surface area contributed by atoms with Crippen LogP contribution in [0.4, 0.5) is 0 Å². The first-order valence-corrected chi connectivity index (χ1v) is 6.11. The van der Waals surface area contributed by atoms with Gasteiger partial charge < -0.3 is 14.6 Å². The fourth-order valence-corrected chi connectivity index (χ4v) is 2.03. The molecule has 1 aromatic heterocycles. The largest absolute Gasteiger partial charge is 0.485 e. The number of benzene rings is 1. The van der Waals surface area contributed by atoms with E-state index in [1.54, 1.807) is 23.9 Å². The molecule has 1 aliphatic rings. The van der Waals surface area contributed by atoms with Crippen molar-refractivity contribution >= 4 is 5.97 Å². The lowest BCUT2D eigenvalue weighted by molar-refractivity contribution is -0.144. The second kappa shape index (κ2) is 4.84. The highest BCUT2D eigenvalue weighted by Crippen LogP contribution is 2.32. The third-order valence-corrected chi connectivity index (χ3v) is 3.16. The van der Waals surface area contributed by atoms with E-state index in [1.807, 2.05) is 6.07 Å². The van der Waals surface area contributed by atoms with Crippen molar-refractivity contribution in [2.45, 2.75) is 19.1 Å². The monoisotopic (exact) mass is 275 g/mol. The van der Waals surface area contributed by atoms with Crippen molar-refractivity contribution in [3.05, 3.63) is 35.9 Å². The van der Waals surface area contributed by atoms with Gasteiger partial charge in [0.15, 0.2) is 11.9 Å². The molecule has 0 bridgehead atoms. The third-order valence-electron chi connectivity index (χ3n) is 3.16. The average Bonchev–Trinajstić information content (AvgIpc) is 3.01. The Morgan fingerprint density at radius 1 is 1.60 bits per heavy atom. The van der Waals surface area contributed by atoms with Crippen LogP contribution in [-0.4, -0.2) is 31.9 Å². The molecule has 0 spiro atoms. The number of carbonyl (C=O) groups is 1. The number of aryl methyl sites for hydroxylation is 1. The van der Waals surface area contributed by atoms with Crippen molar-refractivity contribution in [1.82, 2.24) is 14.8 Å². The van der Waals surface area contributed by atoms with Crippen molar-refractivity contribution in [2.24, 2.45) is 7.05 Å². The Bertz CT molecular complexity index is 653. The highest BCUT2D eigenvalue weighted by atomic mass is 16.5. The van der Waals surface area contributed by atoms with E-state index < -0.39 is 12.1 Å². The topological polar surface area (TPSA) is 86.5 Å². The summed E-state index contributed by atoms with van der Waals surface area (Å²) < 4.78 is 12.6. The minimum Gasteiger partial charge on any atom is -0.485 e. The van der Waals surface area contributed by atoms with Gasteiger partial charge in [-0.15, -0.1) is 0 Å². The number of aliphatic carboxylic acids is 1. The van der Waals surface area contributed by atoms with E-state index in [9.17, 15) is 4.79 Å². The summed E-state index contributed by atoms with van der Waals surface area (Å²) >= 11 is 0. The van der Waals surface area contributed by atoms with Crippen LogP contribution in [0.2, 0.25) is 0 Å². The van der Waals surface area contributed by atoms with Gasteiger partial charge in [0, 0.05) is 19.5 Å². The van der Waals surface area contributed by atoms with E-state index in [1.165, 1.54) is 6.33 Å². The summed E-state index contributed by atoms with van der Waals surface area (Å²) in [4.78, 5) is 15.0. The predicted octanol–water partition coefficient (Wildman–Crippen LogP) is 0.782. The summed E-state index contributed by atoms with van der Waals surface area (Å²) in [6.07, 6.45) is 1.04. The molecule has 0 aliphatic carbocycles. The van der Waals surface area contributed by atoms with Gasteiger partial charge in [0.1, 0.15) is 24.4 Å². The highest BCUT2D eigenvalue weighted by molar-refractivity contribution is 5.74. The lowest BCUT2D eigenvalue weighted by Gasteiger charge is -2.07. The Hall–Kier alpha value is -2.57. The van der Waals surface area contributed by atoms with Crippen LogP contribution in [0.3, 0.4) is 0 Å². The quantitative estimate of drug-likeness (QED) is 0.887. The molecule has 104 valence electrons. The van der Waals surface area contributed by atoms with Crippen molar-refractivity contribution in [2.75, 3.05) is 0 Å². The van der Waals surface area contributed by atoms with Gasteiger partial charge in [-0.1, -0.05) is 6.07 Å². The van der Waals surface area contributed by atoms with Crippen LogP contribution in [0.5, 0.6) is 11.5 Å². The molecule has 3 rings (SSSR count). The standard InChI is InChI=1S/C13H13N3O4/c1-16-12(14-7-15-16)6-19-9-3-2-8-4-11(13(17)18)20-10(8)5-9/h2-3,5,7,11H,4,6H2,1H3,(H,17,18). The molecule has 1 unspecified atom stereocenters. The minimum atomic E-state index is -0.956. The third kappa shape index (κ3) is 2.29. The molecular formula is C13H13N3O4. The SMILES string of the molecule is Cn1ncnc1COc1ccc2c(c1)OC(C(=O)O)C2. The normalized spacial score (nSPS) is 16.6. The van der Waals surface area contributed by atoms with Gasteiger partial charge >= 0.3 is 5.97 Å². The molecule has 1 aliphatic heterocycles. The van der Waals surface area contributed by atoms with Crippen LogP contribution in [0.1, 0.15) is 11.4 Å². The summed E-state index contributed by atoms with van der Waals surface area (Å²) in [5, 5.41) is 12.9. The van der Waals surface area contributed by atoms with Crippen LogP contribution < -0.4 is 9.47 Å². The zero-order valence-corrected chi connectivity index (χ0v) is 10.8. The fourth-order valence-electron chi connectivity index (χ4n) is 2.03. The first kappa shape index (κ1) is 12.5. The molecule has 0 amide bonds. The molecular weight excluding hydrogens is 262 g/mol. The highest BCUT2D eigenvalue weighted by Gasteiger charge is 2.28. The zero-order valence-electron chi connectivity index (χ0n) is 10.8. The summed E-state index contributed by atoms with van der Waals surface area (Å²) in [7, 11) is 1.79. The number of aromatic nitrogens is 3. The van der Waals surface area contributed by atoms with Crippen molar-refractivity contribution in [1.29, 1.82) is 0 Å². The lowest BCUT2D eigenvalue weighted by Crippen LogP contribution is -2.24. The van der Waals surface area contributed by atoms with Crippen molar-refractivity contribution in [3.8, 4) is 11.5 Å². The molecule has 0 saturated heterocycles. The van der Waals surface area contributed by atoms with Crippen LogP contribution in [0.25, 0.3) is 0 Å². The maximum absolute atomic E-state index is 10.9. The van der Waals surface area contributed by atoms with Crippen molar-refractivity contribution in [3.63, 3.8) is 0 Å². The summed E-state index contributed by atoms with van der Waals surface area (Å²) in [5.41, 5.74) is 0.878. The van der Waals surface area contributed by atoms with Crippen molar-refractivity contribution < 1.29 is 19.4 Å². The lowest BCUT2D eigenvalue weighted by atomic mass is 10.1. The maximum atomic E-state index is 10.9. The fraction of sp³-hybridized carbons (Fsp3) is 0.308. The smallest absolute Gasteiger partial charge is 0.345 e. The molecule has 7 heteroatoms. The van der Waals surface area contributed by atoms with Crippen LogP contribution in [0.15, 0.2) is 24.5 Å². The molecule has 2 aromatic rings. The van der Waals surface area contributed by atoms with E-state index in [4.69, 9.17) is 14.6 Å². The molecule has 7 nitrogen and oxygen atoms in total. The summed E-state index contributed by atoms with van der Waals surface area (Å²) in [6.45, 7) is 0.289. The average molecular weight is 275 g/mol. The Balaban J connectivity index is 1.70. The molecule has 2 heterocycles. The molecule has 0 fully saturated rings. The Kier molecular flexibility index (Phi) is 3.02. The first-order valence-electron chi connectivity index (χ1n) is 6.11. The Morgan fingerprint density at radius 2 is 2.45 bits per heavy atom. The molecule has 0 saturated carbocycles. The number of nitrogens with zero attached hydrogens (tertiary/aromatic N) is 3. The first-order chi connectivity index (χ1) is 9.63. The number of fused-ring (bicyclic) bond motifs is 1. The van der Waals surface area contributed by atoms with Crippen LogP contribution in [-0.2, 0) is 24.9 Å². The van der Waals surface area contributed by atoms with Gasteiger partial charge in [0.25, 0.3) is 0 Å². The number of rotatable bonds is 4. The van der Waals surface area contributed by atoms with Gasteiger partial charge in [0.2, 0.25) is 0 Å². The number of hydrogen-bond donors (Lipinski definition) is 1. The van der Waals surface area contributed by atoms with Crippen LogP contribution >= 0.6 is 0 Å². The minimum absolute atomic E-state index is 0.289. The van der Waals surface area contributed by atoms with Gasteiger partial charge in [-0.05, 0) is 11.6 Å². The summed E-state index contributed by atoms with van der Waals surface area (Å²) in [6, 6.07) is 5.32. The molecule has 1 atom stereocenters. The van der Waals surface area contributed by atoms with Gasteiger partial charge in [-0.25, -0.2) is 9.78 Å². The number of carboxylic acid groups (broad SMARTS) is 1. The van der Waals surface area contributed by atoms with Crippen LogP contribution in [0, 0.1) is 0 Å². The number of ether oxygens (including phenoxy) is 2. The molecule has 1 aromatic carbocycles. The maximum Gasteiger partial charge on any atom is 0.345 e. The zero-order chi connectivity index (χ0) is 14.1. The second-order valence-electron chi connectivity index (χ2n) is 4.51. The molecule has 20 heavy (non-hydrogen) atoms. The summed E-state index contributed by atoms with van der Waals surface area (Å²) in [5.74, 6) is 0.920. The number of hydrogen-bond acceptors (Lipinski definition) is 5. The van der Waals surface area contributed by atoms with E-state index in [0.29, 0.717) is 23.7 Å². The van der Waals surface area contributed by atoms with E-state index in [0.717, 1.165) is 5.56 Å². The second-order valence-corrected chi connectivity index (χ2v) is 4.51. The van der Waals surface area contributed by atoms with E-state index >= 15 is 0 Å². The molecule has 1 N–H and O–H groups in total. The predicted molar refractivity (Wildman–Crippen MR) is 67.5 cm³/mol. The Labute approximate surface area is 114 Å². The van der Waals surface area contributed by atoms with Gasteiger partial charge in [-0.2, -0.15) is 5.10 Å². The molecule has 0 radical (unpaired) electrons. The number of carboxylic acids is 1. The van der Waals surface area contributed by atoms with E-state index in [-0.39, 0.29) is 6.61 Å². The van der Waals surface area contributed by atoms with Gasteiger partial charge in [-0.3, -0.25) is 4.68 Å².